The molecular formula is C20H21N3O4S. The van der Waals surface area contributed by atoms with Crippen molar-refractivity contribution in [3.8, 4) is 11.5 Å². The number of primary amides is 1. The fourth-order valence-corrected chi connectivity index (χ4v) is 3.90. The zero-order valence-electron chi connectivity index (χ0n) is 15.6. The van der Waals surface area contributed by atoms with E-state index in [1.807, 2.05) is 36.4 Å². The summed E-state index contributed by atoms with van der Waals surface area (Å²) < 4.78 is 10.3. The van der Waals surface area contributed by atoms with E-state index in [-0.39, 0.29) is 12.3 Å². The molecule has 1 fully saturated rings. The predicted octanol–water partition coefficient (Wildman–Crippen LogP) is 2.71. The minimum absolute atomic E-state index is 0.0236. The van der Waals surface area contributed by atoms with E-state index >= 15 is 0 Å². The Hall–Kier alpha value is -3.00. The van der Waals surface area contributed by atoms with Gasteiger partial charge in [-0.15, -0.1) is 0 Å². The largest absolute Gasteiger partial charge is 0.497 e. The summed E-state index contributed by atoms with van der Waals surface area (Å²) in [6.45, 7) is 0.347. The number of carbonyl (C=O) groups excluding carboxylic acids is 2. The fourth-order valence-electron chi connectivity index (χ4n) is 2.73. The Labute approximate surface area is 167 Å². The summed E-state index contributed by atoms with van der Waals surface area (Å²) >= 11 is 1.26. The van der Waals surface area contributed by atoms with Crippen LogP contribution < -0.4 is 15.2 Å². The Morgan fingerprint density at radius 2 is 1.64 bits per heavy atom. The van der Waals surface area contributed by atoms with Crippen molar-refractivity contribution in [2.75, 3.05) is 14.2 Å². The van der Waals surface area contributed by atoms with Crippen LogP contribution in [0, 0.1) is 0 Å². The molecule has 1 aliphatic rings. The number of amidine groups is 1. The van der Waals surface area contributed by atoms with Crippen molar-refractivity contribution < 1.29 is 19.1 Å². The molecule has 146 valence electrons. The molecule has 2 aromatic carbocycles. The van der Waals surface area contributed by atoms with Gasteiger partial charge in [0.1, 0.15) is 16.7 Å². The minimum atomic E-state index is -0.562. The van der Waals surface area contributed by atoms with Gasteiger partial charge in [-0.05, 0) is 42.0 Å². The van der Waals surface area contributed by atoms with E-state index in [0.29, 0.717) is 17.4 Å². The molecule has 1 heterocycles. The zero-order chi connectivity index (χ0) is 20.1. The average Bonchev–Trinajstić information content (AvgIpc) is 2.97. The Morgan fingerprint density at radius 1 is 1.07 bits per heavy atom. The predicted molar refractivity (Wildman–Crippen MR) is 109 cm³/mol. The van der Waals surface area contributed by atoms with Crippen LogP contribution in [-0.4, -0.2) is 41.4 Å². The van der Waals surface area contributed by atoms with Crippen molar-refractivity contribution in [2.24, 2.45) is 10.7 Å². The van der Waals surface area contributed by atoms with Crippen molar-refractivity contribution in [1.29, 1.82) is 0 Å². The highest BCUT2D eigenvalue weighted by Gasteiger charge is 2.38. The molecule has 1 atom stereocenters. The quantitative estimate of drug-likeness (QED) is 0.773. The number of hydrogen-bond donors (Lipinski definition) is 1. The minimum Gasteiger partial charge on any atom is -0.497 e. The maximum atomic E-state index is 12.8. The fraction of sp³-hybridized carbons (Fsp3) is 0.250. The van der Waals surface area contributed by atoms with Crippen LogP contribution in [-0.2, 0) is 16.1 Å². The summed E-state index contributed by atoms with van der Waals surface area (Å²) in [7, 11) is 3.20. The van der Waals surface area contributed by atoms with E-state index in [9.17, 15) is 9.59 Å². The van der Waals surface area contributed by atoms with Crippen molar-refractivity contribution in [1.82, 2.24) is 4.90 Å². The van der Waals surface area contributed by atoms with Crippen LogP contribution in [0.5, 0.6) is 11.5 Å². The first-order chi connectivity index (χ1) is 13.5. The second-order valence-corrected chi connectivity index (χ2v) is 7.31. The van der Waals surface area contributed by atoms with E-state index in [2.05, 4.69) is 4.99 Å². The van der Waals surface area contributed by atoms with Crippen LogP contribution in [0.15, 0.2) is 53.5 Å². The molecule has 0 aliphatic carbocycles. The van der Waals surface area contributed by atoms with E-state index in [4.69, 9.17) is 15.2 Å². The summed E-state index contributed by atoms with van der Waals surface area (Å²) in [4.78, 5) is 30.4. The summed E-state index contributed by atoms with van der Waals surface area (Å²) in [6, 6.07) is 14.7. The van der Waals surface area contributed by atoms with Gasteiger partial charge >= 0.3 is 0 Å². The van der Waals surface area contributed by atoms with E-state index in [1.165, 1.54) is 11.8 Å². The number of rotatable bonds is 7. The number of nitrogens with two attached hydrogens (primary N) is 1. The number of amides is 2. The molecule has 3 rings (SSSR count). The Kier molecular flexibility index (Phi) is 6.20. The first kappa shape index (κ1) is 19.8. The Bertz CT molecular complexity index is 881. The molecule has 0 radical (unpaired) electrons. The molecule has 2 aromatic rings. The molecule has 0 bridgehead atoms. The highest BCUT2D eigenvalue weighted by atomic mass is 32.2. The monoisotopic (exact) mass is 399 g/mol. The first-order valence-corrected chi connectivity index (χ1v) is 9.50. The zero-order valence-corrected chi connectivity index (χ0v) is 16.4. The van der Waals surface area contributed by atoms with Gasteiger partial charge in [0, 0.05) is 6.42 Å². The molecule has 0 aromatic heterocycles. The lowest BCUT2D eigenvalue weighted by molar-refractivity contribution is -0.128. The van der Waals surface area contributed by atoms with Crippen LogP contribution in [0.1, 0.15) is 12.0 Å². The van der Waals surface area contributed by atoms with E-state index in [1.54, 1.807) is 31.3 Å². The van der Waals surface area contributed by atoms with Gasteiger partial charge < -0.3 is 15.2 Å². The van der Waals surface area contributed by atoms with Gasteiger partial charge in [0.2, 0.25) is 11.8 Å². The van der Waals surface area contributed by atoms with Crippen LogP contribution >= 0.6 is 11.8 Å². The Morgan fingerprint density at radius 3 is 2.18 bits per heavy atom. The molecule has 0 spiro atoms. The lowest BCUT2D eigenvalue weighted by Crippen LogP contribution is -2.33. The van der Waals surface area contributed by atoms with Gasteiger partial charge in [-0.1, -0.05) is 23.9 Å². The molecule has 8 heteroatoms. The molecule has 28 heavy (non-hydrogen) atoms. The molecule has 2 amide bonds. The summed E-state index contributed by atoms with van der Waals surface area (Å²) in [5, 5.41) is -0.0232. The second kappa shape index (κ2) is 8.79. The molecule has 1 saturated heterocycles. The molecule has 1 aliphatic heterocycles. The van der Waals surface area contributed by atoms with Crippen molar-refractivity contribution in [2.45, 2.75) is 18.2 Å². The van der Waals surface area contributed by atoms with E-state index < -0.39 is 11.2 Å². The smallest absolute Gasteiger partial charge is 0.242 e. The lowest BCUT2D eigenvalue weighted by atomic mass is 10.2. The molecule has 0 saturated carbocycles. The second-order valence-electron chi connectivity index (χ2n) is 6.14. The maximum absolute atomic E-state index is 12.8. The summed E-state index contributed by atoms with van der Waals surface area (Å²) in [5.41, 5.74) is 6.92. The SMILES string of the molecule is COc1ccc(CN2C(=O)[C@@H](CC(N)=O)SC2=Nc2ccc(OC)cc2)cc1. The van der Waals surface area contributed by atoms with E-state index in [0.717, 1.165) is 17.1 Å². The maximum Gasteiger partial charge on any atom is 0.242 e. The van der Waals surface area contributed by atoms with Gasteiger partial charge in [-0.3, -0.25) is 14.5 Å². The molecule has 7 nitrogen and oxygen atoms in total. The highest BCUT2D eigenvalue weighted by Crippen LogP contribution is 2.33. The van der Waals surface area contributed by atoms with Crippen LogP contribution in [0.4, 0.5) is 5.69 Å². The highest BCUT2D eigenvalue weighted by molar-refractivity contribution is 8.15. The third-order valence-corrected chi connectivity index (χ3v) is 5.38. The number of carbonyl (C=O) groups is 2. The number of nitrogens with zero attached hydrogens (tertiary/aromatic N) is 2. The normalized spacial score (nSPS) is 17.8. The third-order valence-electron chi connectivity index (χ3n) is 4.20. The van der Waals surface area contributed by atoms with Gasteiger partial charge in [0.25, 0.3) is 0 Å². The molecular weight excluding hydrogens is 378 g/mol. The third kappa shape index (κ3) is 4.64. The van der Waals surface area contributed by atoms with Crippen LogP contribution in [0.2, 0.25) is 0 Å². The topological polar surface area (TPSA) is 94.2 Å². The lowest BCUT2D eigenvalue weighted by Gasteiger charge is -2.17. The Balaban J connectivity index is 1.87. The van der Waals surface area contributed by atoms with Gasteiger partial charge in [-0.25, -0.2) is 4.99 Å². The number of thioether (sulfide) groups is 1. The number of ether oxygens (including phenoxy) is 2. The molecule has 2 N–H and O–H groups in total. The van der Waals surface area contributed by atoms with Crippen LogP contribution in [0.3, 0.4) is 0 Å². The molecule has 0 unspecified atom stereocenters. The number of hydrogen-bond acceptors (Lipinski definition) is 6. The van der Waals surface area contributed by atoms with Crippen molar-refractivity contribution >= 4 is 34.4 Å². The number of aliphatic imine (C=N–C) groups is 1. The van der Waals surface area contributed by atoms with Crippen LogP contribution in [0.25, 0.3) is 0 Å². The summed E-state index contributed by atoms with van der Waals surface area (Å²) in [6.07, 6.45) is -0.0236. The van der Waals surface area contributed by atoms with Gasteiger partial charge in [-0.2, -0.15) is 0 Å². The summed E-state index contributed by atoms with van der Waals surface area (Å²) in [5.74, 6) is 0.776. The number of methoxy groups -OCH3 is 2. The van der Waals surface area contributed by atoms with Crippen molar-refractivity contribution in [3.63, 3.8) is 0 Å². The standard InChI is InChI=1S/C20H21N3O4S/c1-26-15-7-3-13(4-8-15)12-23-19(25)17(11-18(21)24)28-20(23)22-14-5-9-16(27-2)10-6-14/h3-10,17H,11-12H2,1-2H3,(H2,21,24)/t17-/m1/s1. The van der Waals surface area contributed by atoms with Crippen molar-refractivity contribution in [3.05, 3.63) is 54.1 Å². The van der Waals surface area contributed by atoms with Gasteiger partial charge in [0.05, 0.1) is 26.5 Å². The first-order valence-electron chi connectivity index (χ1n) is 8.62. The average molecular weight is 399 g/mol. The van der Waals surface area contributed by atoms with Gasteiger partial charge in [0.15, 0.2) is 5.17 Å². The number of benzene rings is 2.